The Balaban J connectivity index is 1.89. The molecule has 1 aliphatic heterocycles. The molecule has 1 heterocycles. The maximum absolute atomic E-state index is 13.3. The number of benzene rings is 1. The van der Waals surface area contributed by atoms with Crippen LogP contribution in [0.3, 0.4) is 0 Å². The first-order valence-electron chi connectivity index (χ1n) is 6.62. The van der Waals surface area contributed by atoms with Crippen molar-refractivity contribution < 1.29 is 22.4 Å². The fraction of sp³-hybridized carbons (Fsp3) is 0.385. The zero-order valence-electron chi connectivity index (χ0n) is 11.7. The van der Waals surface area contributed by atoms with Crippen LogP contribution in [0.5, 0.6) is 0 Å². The summed E-state index contributed by atoms with van der Waals surface area (Å²) in [6.07, 6.45) is 0.389. The summed E-state index contributed by atoms with van der Waals surface area (Å²) in [6, 6.07) is 1.94. The van der Waals surface area contributed by atoms with Crippen LogP contribution in [0.15, 0.2) is 12.1 Å². The summed E-state index contributed by atoms with van der Waals surface area (Å²) in [4.78, 5) is 23.6. The number of carbonyl (C=O) groups excluding carboxylic acids is 2. The van der Waals surface area contributed by atoms with Crippen molar-refractivity contribution in [2.75, 3.05) is 11.5 Å². The highest BCUT2D eigenvalue weighted by Gasteiger charge is 2.29. The average Bonchev–Trinajstić information content (AvgIpc) is 2.79. The predicted octanol–water partition coefficient (Wildman–Crippen LogP) is 1.72. The van der Waals surface area contributed by atoms with Crippen molar-refractivity contribution >= 4 is 44.9 Å². The van der Waals surface area contributed by atoms with Crippen LogP contribution in [0.1, 0.15) is 23.2 Å². The highest BCUT2D eigenvalue weighted by atomic mass is 35.5. The van der Waals surface area contributed by atoms with Gasteiger partial charge in [-0.05, 0) is 24.5 Å². The summed E-state index contributed by atoms with van der Waals surface area (Å²) in [5.74, 6) is -2.40. The molecule has 1 unspecified atom stereocenters. The molecule has 23 heavy (non-hydrogen) atoms. The second-order valence-corrected chi connectivity index (χ2v) is 8.26. The van der Waals surface area contributed by atoms with Gasteiger partial charge in [-0.25, -0.2) is 12.8 Å². The van der Waals surface area contributed by atoms with Crippen molar-refractivity contribution in [3.63, 3.8) is 0 Å². The van der Waals surface area contributed by atoms with E-state index in [0.717, 1.165) is 12.1 Å². The van der Waals surface area contributed by atoms with E-state index in [1.54, 1.807) is 0 Å². The molecule has 1 atom stereocenters. The molecule has 1 saturated heterocycles. The Kier molecular flexibility index (Phi) is 5.49. The third-order valence-electron chi connectivity index (χ3n) is 3.37. The molecule has 6 nitrogen and oxygen atoms in total. The van der Waals surface area contributed by atoms with E-state index in [1.165, 1.54) is 0 Å². The number of sulfone groups is 1. The van der Waals surface area contributed by atoms with Crippen molar-refractivity contribution in [1.29, 1.82) is 0 Å². The van der Waals surface area contributed by atoms with Gasteiger partial charge in [0.15, 0.2) is 9.84 Å². The minimum Gasteiger partial charge on any atom is -0.273 e. The van der Waals surface area contributed by atoms with Crippen LogP contribution in [-0.2, 0) is 14.6 Å². The minimum absolute atomic E-state index is 0.0256. The van der Waals surface area contributed by atoms with Crippen molar-refractivity contribution in [1.82, 2.24) is 10.9 Å². The van der Waals surface area contributed by atoms with E-state index >= 15 is 0 Å². The highest BCUT2D eigenvalue weighted by Crippen LogP contribution is 2.24. The zero-order valence-corrected chi connectivity index (χ0v) is 14.1. The van der Waals surface area contributed by atoms with Crippen LogP contribution < -0.4 is 10.9 Å². The second-order valence-electron chi connectivity index (χ2n) is 5.22. The normalized spacial score (nSPS) is 19.3. The van der Waals surface area contributed by atoms with E-state index in [9.17, 15) is 22.4 Å². The van der Waals surface area contributed by atoms with Crippen LogP contribution in [0.4, 0.5) is 4.39 Å². The van der Waals surface area contributed by atoms with Crippen LogP contribution in [0, 0.1) is 11.7 Å². The Morgan fingerprint density at radius 2 is 1.91 bits per heavy atom. The Bertz CT molecular complexity index is 755. The van der Waals surface area contributed by atoms with E-state index < -0.39 is 27.5 Å². The molecular formula is C13H13Cl2FN2O4S. The van der Waals surface area contributed by atoms with Gasteiger partial charge in [0.1, 0.15) is 5.82 Å². The van der Waals surface area contributed by atoms with Gasteiger partial charge in [0.05, 0.1) is 27.1 Å². The fourth-order valence-corrected chi connectivity index (χ4v) is 4.57. The number of hydrogen-bond acceptors (Lipinski definition) is 4. The first-order valence-corrected chi connectivity index (χ1v) is 9.20. The number of nitrogens with one attached hydrogen (secondary N) is 2. The summed E-state index contributed by atoms with van der Waals surface area (Å²) in [7, 11) is -3.07. The minimum atomic E-state index is -3.07. The fourth-order valence-electron chi connectivity index (χ4n) is 2.24. The molecule has 0 aromatic heterocycles. The van der Waals surface area contributed by atoms with E-state index in [4.69, 9.17) is 23.2 Å². The maximum atomic E-state index is 13.3. The van der Waals surface area contributed by atoms with Crippen molar-refractivity contribution in [2.24, 2.45) is 5.92 Å². The summed E-state index contributed by atoms with van der Waals surface area (Å²) >= 11 is 11.3. The van der Waals surface area contributed by atoms with Crippen molar-refractivity contribution in [3.8, 4) is 0 Å². The first kappa shape index (κ1) is 18.0. The summed E-state index contributed by atoms with van der Waals surface area (Å²) in [5.41, 5.74) is 4.06. The van der Waals surface area contributed by atoms with Gasteiger partial charge >= 0.3 is 0 Å². The van der Waals surface area contributed by atoms with Gasteiger partial charge < -0.3 is 0 Å². The Labute approximate surface area is 142 Å². The van der Waals surface area contributed by atoms with Gasteiger partial charge in [0.2, 0.25) is 5.91 Å². The van der Waals surface area contributed by atoms with Gasteiger partial charge in [-0.15, -0.1) is 0 Å². The topological polar surface area (TPSA) is 92.3 Å². The third kappa shape index (κ3) is 4.79. The molecule has 2 rings (SSSR count). The van der Waals surface area contributed by atoms with Gasteiger partial charge in [-0.3, -0.25) is 20.4 Å². The standard InChI is InChI=1S/C13H13Cl2FN2O4S/c14-9-5-10(15)11(16)4-8(9)13(20)18-17-12(19)3-7-1-2-23(21,22)6-7/h4-5,7H,1-3,6H2,(H,17,19)(H,18,20). The van der Waals surface area contributed by atoms with Gasteiger partial charge in [-0.1, -0.05) is 23.2 Å². The van der Waals surface area contributed by atoms with Crippen LogP contribution >= 0.6 is 23.2 Å². The van der Waals surface area contributed by atoms with Crippen molar-refractivity contribution in [3.05, 3.63) is 33.6 Å². The van der Waals surface area contributed by atoms with Crippen molar-refractivity contribution in [2.45, 2.75) is 12.8 Å². The van der Waals surface area contributed by atoms with E-state index in [2.05, 4.69) is 10.9 Å². The molecular weight excluding hydrogens is 370 g/mol. The molecule has 0 aliphatic carbocycles. The monoisotopic (exact) mass is 382 g/mol. The van der Waals surface area contributed by atoms with Gasteiger partial charge in [0.25, 0.3) is 5.91 Å². The summed E-state index contributed by atoms with van der Waals surface area (Å²) in [5, 5.41) is -0.289. The SMILES string of the molecule is O=C(CC1CCS(=O)(=O)C1)NNC(=O)c1cc(F)c(Cl)cc1Cl. The first-order chi connectivity index (χ1) is 10.7. The molecule has 2 N–H and O–H groups in total. The lowest BCUT2D eigenvalue weighted by molar-refractivity contribution is -0.122. The molecule has 0 bridgehead atoms. The number of hydrazine groups is 1. The molecule has 1 aliphatic rings. The summed E-state index contributed by atoms with van der Waals surface area (Å²) in [6.45, 7) is 0. The molecule has 1 fully saturated rings. The molecule has 0 radical (unpaired) electrons. The van der Waals surface area contributed by atoms with Crippen LogP contribution in [0.2, 0.25) is 10.0 Å². The summed E-state index contributed by atoms with van der Waals surface area (Å²) < 4.78 is 36.0. The smallest absolute Gasteiger partial charge is 0.271 e. The third-order valence-corrected chi connectivity index (χ3v) is 5.81. The highest BCUT2D eigenvalue weighted by molar-refractivity contribution is 7.91. The maximum Gasteiger partial charge on any atom is 0.271 e. The van der Waals surface area contributed by atoms with E-state index in [1.807, 2.05) is 0 Å². The molecule has 126 valence electrons. The Morgan fingerprint density at radius 1 is 1.22 bits per heavy atom. The zero-order chi connectivity index (χ0) is 17.2. The predicted molar refractivity (Wildman–Crippen MR) is 83.4 cm³/mol. The van der Waals surface area contributed by atoms with E-state index in [-0.39, 0.29) is 39.5 Å². The van der Waals surface area contributed by atoms with Crippen LogP contribution in [-0.4, -0.2) is 31.7 Å². The van der Waals surface area contributed by atoms with Gasteiger partial charge in [0, 0.05) is 6.42 Å². The number of hydrogen-bond donors (Lipinski definition) is 2. The Hall–Kier alpha value is -1.38. The quantitative estimate of drug-likeness (QED) is 0.614. The second kappa shape index (κ2) is 7.02. The van der Waals surface area contributed by atoms with E-state index in [0.29, 0.717) is 6.42 Å². The average molecular weight is 383 g/mol. The van der Waals surface area contributed by atoms with Gasteiger partial charge in [-0.2, -0.15) is 0 Å². The lowest BCUT2D eigenvalue weighted by Gasteiger charge is -2.11. The molecule has 1 aromatic carbocycles. The number of amides is 2. The Morgan fingerprint density at radius 3 is 2.52 bits per heavy atom. The lowest BCUT2D eigenvalue weighted by atomic mass is 10.1. The molecule has 10 heteroatoms. The molecule has 0 spiro atoms. The molecule has 2 amide bonds. The van der Waals surface area contributed by atoms with Crippen LogP contribution in [0.25, 0.3) is 0 Å². The molecule has 1 aromatic rings. The number of carbonyl (C=O) groups is 2. The largest absolute Gasteiger partial charge is 0.273 e. The number of halogens is 3. The molecule has 0 saturated carbocycles. The lowest BCUT2D eigenvalue weighted by Crippen LogP contribution is -2.42. The number of rotatable bonds is 3.